The normalized spacial score (nSPS) is 20.2. The van der Waals surface area contributed by atoms with E-state index in [2.05, 4.69) is 16.9 Å². The van der Waals surface area contributed by atoms with Crippen LogP contribution in [0.25, 0.3) is 22.6 Å². The fourth-order valence-electron chi connectivity index (χ4n) is 4.48. The molecule has 0 bridgehead atoms. The van der Waals surface area contributed by atoms with Gasteiger partial charge in [0.1, 0.15) is 17.2 Å². The van der Waals surface area contributed by atoms with Gasteiger partial charge in [0.25, 0.3) is 0 Å². The summed E-state index contributed by atoms with van der Waals surface area (Å²) in [7, 11) is -0.354. The minimum Gasteiger partial charge on any atom is -0.324 e. The summed E-state index contributed by atoms with van der Waals surface area (Å²) in [5.41, 5.74) is -0.417. The van der Waals surface area contributed by atoms with E-state index in [1.807, 2.05) is 0 Å². The quantitative estimate of drug-likeness (QED) is 0.563. The number of imidazole rings is 2. The summed E-state index contributed by atoms with van der Waals surface area (Å²) in [6.45, 7) is 3.76. The maximum absolute atomic E-state index is 13.1. The summed E-state index contributed by atoms with van der Waals surface area (Å²) in [5.74, 6) is 1.52. The minimum atomic E-state index is -4.60. The summed E-state index contributed by atoms with van der Waals surface area (Å²) in [6, 6.07) is 0.874. The van der Waals surface area contributed by atoms with Crippen molar-refractivity contribution >= 4 is 20.9 Å². The van der Waals surface area contributed by atoms with Crippen LogP contribution in [0, 0.1) is 5.92 Å². The molecule has 11 heteroatoms. The summed E-state index contributed by atoms with van der Waals surface area (Å²) in [6.07, 6.45) is 0.423. The van der Waals surface area contributed by atoms with E-state index in [9.17, 15) is 21.6 Å². The smallest absolute Gasteiger partial charge is 0.324 e. The second-order valence-electron chi connectivity index (χ2n) is 8.59. The largest absolute Gasteiger partial charge is 0.433 e. The van der Waals surface area contributed by atoms with Gasteiger partial charge in [0.15, 0.2) is 20.7 Å². The van der Waals surface area contributed by atoms with Crippen LogP contribution >= 0.6 is 0 Å². The highest BCUT2D eigenvalue weighted by atomic mass is 32.2. The molecular weight excluding hydrogens is 443 g/mol. The predicted octanol–water partition coefficient (Wildman–Crippen LogP) is 4.47. The van der Waals surface area contributed by atoms with Gasteiger partial charge in [0, 0.05) is 20.0 Å². The zero-order chi connectivity index (χ0) is 23.4. The maximum atomic E-state index is 13.1. The molecule has 3 aromatic rings. The summed E-state index contributed by atoms with van der Waals surface area (Å²) >= 11 is 0. The summed E-state index contributed by atoms with van der Waals surface area (Å²) in [4.78, 5) is 12.6. The number of halogens is 3. The fraction of sp³-hybridized carbons (Fsp3) is 0.571. The number of pyridine rings is 1. The zero-order valence-electron chi connectivity index (χ0n) is 18.4. The van der Waals surface area contributed by atoms with Gasteiger partial charge in [0.2, 0.25) is 0 Å². The Bertz CT molecular complexity index is 1270. The van der Waals surface area contributed by atoms with Gasteiger partial charge in [-0.05, 0) is 24.8 Å². The molecule has 1 saturated carbocycles. The third-order valence-corrected chi connectivity index (χ3v) is 8.22. The summed E-state index contributed by atoms with van der Waals surface area (Å²) < 4.78 is 68.5. The van der Waals surface area contributed by atoms with Gasteiger partial charge in [-0.25, -0.2) is 23.4 Å². The number of hydrogen-bond donors (Lipinski definition) is 0. The van der Waals surface area contributed by atoms with E-state index in [0.717, 1.165) is 37.9 Å². The van der Waals surface area contributed by atoms with Gasteiger partial charge >= 0.3 is 6.18 Å². The number of alkyl halides is 3. The molecular formula is C21H26F3N5O2S. The molecule has 4 rings (SSSR count). The third kappa shape index (κ3) is 3.80. The van der Waals surface area contributed by atoms with Crippen LogP contribution in [0.2, 0.25) is 0 Å². The monoisotopic (exact) mass is 469 g/mol. The van der Waals surface area contributed by atoms with Gasteiger partial charge in [-0.3, -0.25) is 0 Å². The number of sulfone groups is 1. The Kier molecular flexibility index (Phi) is 5.59. The average molecular weight is 470 g/mol. The fourth-order valence-corrected chi connectivity index (χ4v) is 5.69. The van der Waals surface area contributed by atoms with Crippen molar-refractivity contribution in [1.82, 2.24) is 24.1 Å². The van der Waals surface area contributed by atoms with E-state index in [-0.39, 0.29) is 33.7 Å². The van der Waals surface area contributed by atoms with Crippen LogP contribution in [0.3, 0.4) is 0 Å². The highest BCUT2D eigenvalue weighted by molar-refractivity contribution is 7.91. The van der Waals surface area contributed by atoms with Crippen molar-refractivity contribution in [3.05, 3.63) is 23.8 Å². The molecule has 1 fully saturated rings. The molecule has 0 unspecified atom stereocenters. The van der Waals surface area contributed by atoms with Crippen LogP contribution in [-0.4, -0.2) is 38.3 Å². The van der Waals surface area contributed by atoms with Gasteiger partial charge in [-0.2, -0.15) is 13.2 Å². The highest BCUT2D eigenvalue weighted by Gasteiger charge is 2.35. The number of hydrogen-bond acceptors (Lipinski definition) is 5. The molecule has 0 aliphatic heterocycles. The molecule has 0 saturated heterocycles. The zero-order valence-corrected chi connectivity index (χ0v) is 19.3. The predicted molar refractivity (Wildman–Crippen MR) is 114 cm³/mol. The van der Waals surface area contributed by atoms with Crippen LogP contribution in [0.15, 0.2) is 17.3 Å². The first kappa shape index (κ1) is 22.8. The van der Waals surface area contributed by atoms with Crippen LogP contribution in [-0.2, 0) is 30.1 Å². The van der Waals surface area contributed by atoms with Crippen LogP contribution in [0.5, 0.6) is 0 Å². The number of fused-ring (bicyclic) bond motifs is 1. The lowest BCUT2D eigenvalue weighted by Gasteiger charge is -2.25. The van der Waals surface area contributed by atoms with Gasteiger partial charge in [-0.15, -0.1) is 0 Å². The molecule has 0 spiro atoms. The Morgan fingerprint density at radius 2 is 1.75 bits per heavy atom. The molecule has 3 heterocycles. The summed E-state index contributed by atoms with van der Waals surface area (Å²) in [5, 5.41) is 0.0519. The van der Waals surface area contributed by atoms with Crippen LogP contribution in [0.1, 0.15) is 57.0 Å². The number of rotatable bonds is 4. The molecule has 0 radical (unpaired) electrons. The first-order valence-corrected chi connectivity index (χ1v) is 12.3. The Morgan fingerprint density at radius 1 is 1.09 bits per heavy atom. The highest BCUT2D eigenvalue weighted by Crippen LogP contribution is 2.39. The van der Waals surface area contributed by atoms with E-state index in [1.165, 1.54) is 0 Å². The third-order valence-electron chi connectivity index (χ3n) is 6.40. The second-order valence-corrected chi connectivity index (χ2v) is 10.8. The first-order chi connectivity index (χ1) is 14.9. The van der Waals surface area contributed by atoms with Crippen molar-refractivity contribution in [3.63, 3.8) is 0 Å². The molecule has 0 atom stereocenters. The van der Waals surface area contributed by atoms with Crippen molar-refractivity contribution in [2.24, 2.45) is 20.0 Å². The second kappa shape index (κ2) is 7.86. The molecule has 1 aliphatic carbocycles. The molecule has 174 valence electrons. The van der Waals surface area contributed by atoms with Gasteiger partial charge in [0.05, 0.1) is 23.0 Å². The lowest BCUT2D eigenvalue weighted by atomic mass is 9.82. The Labute approximate surface area is 184 Å². The van der Waals surface area contributed by atoms with E-state index in [1.54, 1.807) is 30.2 Å². The topological polar surface area (TPSA) is 82.7 Å². The van der Waals surface area contributed by atoms with Crippen LogP contribution < -0.4 is 0 Å². The molecule has 0 amide bonds. The molecule has 1 aliphatic rings. The Balaban J connectivity index is 1.92. The van der Waals surface area contributed by atoms with E-state index >= 15 is 0 Å². The lowest BCUT2D eigenvalue weighted by molar-refractivity contribution is -0.141. The number of nitrogens with zero attached hydrogens (tertiary/aromatic N) is 5. The standard InChI is InChI=1S/C21H26F3N5O2S/c1-5-32(30,31)20-17(27-18(29(20)4)13-8-6-12(2)7-9-13)19-26-14-10-16(21(22,23)24)25-11-15(14)28(19)3/h10-13H,5-9H2,1-4H3/t12-,13+. The SMILES string of the molecule is CCS(=O)(=O)c1c(-c2nc3cc(C(F)(F)F)ncc3n2C)nc([C@H]2CC[C@@H](C)CC2)n1C. The first-order valence-electron chi connectivity index (χ1n) is 10.6. The Morgan fingerprint density at radius 3 is 2.34 bits per heavy atom. The van der Waals surface area contributed by atoms with Crippen molar-refractivity contribution in [2.75, 3.05) is 5.75 Å². The van der Waals surface area contributed by atoms with E-state index in [4.69, 9.17) is 4.98 Å². The Hall–Kier alpha value is -2.43. The number of aromatic nitrogens is 5. The van der Waals surface area contributed by atoms with Gasteiger partial charge in [-0.1, -0.05) is 26.7 Å². The van der Waals surface area contributed by atoms with E-state index in [0.29, 0.717) is 17.3 Å². The molecule has 3 aromatic heterocycles. The lowest BCUT2D eigenvalue weighted by Crippen LogP contribution is -2.16. The minimum absolute atomic E-state index is 0.0519. The average Bonchev–Trinajstić information content (AvgIpc) is 3.25. The molecule has 0 N–H and O–H groups in total. The van der Waals surface area contributed by atoms with Crippen molar-refractivity contribution in [1.29, 1.82) is 0 Å². The molecule has 0 aromatic carbocycles. The van der Waals surface area contributed by atoms with E-state index < -0.39 is 21.7 Å². The number of aryl methyl sites for hydroxylation is 1. The van der Waals surface area contributed by atoms with Gasteiger partial charge < -0.3 is 9.13 Å². The maximum Gasteiger partial charge on any atom is 0.433 e. The van der Waals surface area contributed by atoms with Crippen LogP contribution in [0.4, 0.5) is 13.2 Å². The van der Waals surface area contributed by atoms with Crippen molar-refractivity contribution in [2.45, 2.75) is 56.7 Å². The molecule has 7 nitrogen and oxygen atoms in total. The molecule has 32 heavy (non-hydrogen) atoms. The van der Waals surface area contributed by atoms with Crippen molar-refractivity contribution < 1.29 is 21.6 Å². The van der Waals surface area contributed by atoms with Crippen molar-refractivity contribution in [3.8, 4) is 11.5 Å².